The molecule has 0 aliphatic heterocycles. The lowest BCUT2D eigenvalue weighted by atomic mass is 10.1. The molecule has 0 radical (unpaired) electrons. The molecule has 1 aliphatic carbocycles. The Balaban J connectivity index is 1.84. The van der Waals surface area contributed by atoms with Crippen LogP contribution < -0.4 is 10.6 Å². The lowest BCUT2D eigenvalue weighted by Crippen LogP contribution is -2.36. The first-order valence-corrected chi connectivity index (χ1v) is 6.35. The Hall–Kier alpha value is -1.42. The molecule has 0 spiro atoms. The first-order chi connectivity index (χ1) is 8.56. The van der Waals surface area contributed by atoms with E-state index in [1.165, 1.54) is 6.07 Å². The van der Waals surface area contributed by atoms with Crippen LogP contribution in [0.15, 0.2) is 18.2 Å². The maximum atomic E-state index is 13.4. The van der Waals surface area contributed by atoms with Crippen molar-refractivity contribution in [2.45, 2.75) is 38.8 Å². The summed E-state index contributed by atoms with van der Waals surface area (Å²) in [5.41, 5.74) is 1.50. The zero-order chi connectivity index (χ0) is 13.1. The second-order valence-corrected chi connectivity index (χ2v) is 4.95. The average molecular weight is 250 g/mol. The van der Waals surface area contributed by atoms with E-state index in [2.05, 4.69) is 10.6 Å². The van der Waals surface area contributed by atoms with Crippen molar-refractivity contribution in [1.29, 1.82) is 0 Å². The van der Waals surface area contributed by atoms with E-state index in [0.29, 0.717) is 11.6 Å². The topological polar surface area (TPSA) is 41.1 Å². The van der Waals surface area contributed by atoms with Crippen LogP contribution in [0.2, 0.25) is 0 Å². The van der Waals surface area contributed by atoms with Gasteiger partial charge in [-0.05, 0) is 43.9 Å². The summed E-state index contributed by atoms with van der Waals surface area (Å²) in [6, 6.07) is 5.50. The van der Waals surface area contributed by atoms with Crippen LogP contribution in [-0.4, -0.2) is 18.5 Å². The van der Waals surface area contributed by atoms with Gasteiger partial charge in [-0.2, -0.15) is 0 Å². The van der Waals surface area contributed by atoms with Gasteiger partial charge in [0.1, 0.15) is 5.82 Å². The highest BCUT2D eigenvalue weighted by atomic mass is 19.1. The maximum absolute atomic E-state index is 13.4. The number of benzene rings is 1. The van der Waals surface area contributed by atoms with Gasteiger partial charge in [0.2, 0.25) is 5.91 Å². The SMILES string of the molecule is Cc1ccc(C(C)NCC(=O)NC2CC2)cc1F. The number of nitrogens with one attached hydrogen (secondary N) is 2. The molecule has 98 valence electrons. The third-order valence-corrected chi connectivity index (χ3v) is 3.21. The third-order valence-electron chi connectivity index (χ3n) is 3.21. The molecule has 0 saturated heterocycles. The number of amides is 1. The van der Waals surface area contributed by atoms with E-state index in [-0.39, 0.29) is 24.3 Å². The molecular formula is C14H19FN2O. The second kappa shape index (κ2) is 5.48. The molecule has 3 nitrogen and oxygen atoms in total. The van der Waals surface area contributed by atoms with Gasteiger partial charge in [0.15, 0.2) is 0 Å². The Kier molecular flexibility index (Phi) is 3.97. The van der Waals surface area contributed by atoms with Crippen LogP contribution in [-0.2, 0) is 4.79 Å². The Labute approximate surface area is 107 Å². The van der Waals surface area contributed by atoms with E-state index >= 15 is 0 Å². The summed E-state index contributed by atoms with van der Waals surface area (Å²) < 4.78 is 13.4. The monoisotopic (exact) mass is 250 g/mol. The van der Waals surface area contributed by atoms with Crippen molar-refractivity contribution in [3.8, 4) is 0 Å². The highest BCUT2D eigenvalue weighted by Gasteiger charge is 2.23. The number of hydrogen-bond acceptors (Lipinski definition) is 2. The summed E-state index contributed by atoms with van der Waals surface area (Å²) in [5, 5.41) is 6.01. The molecule has 1 aliphatic rings. The molecule has 0 aromatic heterocycles. The normalized spacial score (nSPS) is 16.4. The molecule has 1 fully saturated rings. The van der Waals surface area contributed by atoms with Gasteiger partial charge in [-0.25, -0.2) is 4.39 Å². The van der Waals surface area contributed by atoms with Gasteiger partial charge in [-0.3, -0.25) is 4.79 Å². The lowest BCUT2D eigenvalue weighted by Gasteiger charge is -2.14. The van der Waals surface area contributed by atoms with Gasteiger partial charge in [0.05, 0.1) is 6.54 Å². The quantitative estimate of drug-likeness (QED) is 0.840. The zero-order valence-corrected chi connectivity index (χ0v) is 10.8. The van der Waals surface area contributed by atoms with Gasteiger partial charge >= 0.3 is 0 Å². The van der Waals surface area contributed by atoms with Crippen LogP contribution in [0.3, 0.4) is 0 Å². The van der Waals surface area contributed by atoms with E-state index in [1.807, 2.05) is 13.0 Å². The molecule has 1 aromatic rings. The Bertz CT molecular complexity index is 443. The number of aryl methyl sites for hydroxylation is 1. The summed E-state index contributed by atoms with van der Waals surface area (Å²) in [7, 11) is 0. The van der Waals surface area contributed by atoms with Crippen molar-refractivity contribution in [1.82, 2.24) is 10.6 Å². The molecule has 1 unspecified atom stereocenters. The zero-order valence-electron chi connectivity index (χ0n) is 10.8. The van der Waals surface area contributed by atoms with Crippen molar-refractivity contribution in [2.24, 2.45) is 0 Å². The Morgan fingerprint density at radius 1 is 1.50 bits per heavy atom. The second-order valence-electron chi connectivity index (χ2n) is 4.95. The number of carbonyl (C=O) groups excluding carboxylic acids is 1. The highest BCUT2D eigenvalue weighted by Crippen LogP contribution is 2.18. The van der Waals surface area contributed by atoms with E-state index < -0.39 is 0 Å². The summed E-state index contributed by atoms with van der Waals surface area (Å²) >= 11 is 0. The van der Waals surface area contributed by atoms with E-state index in [1.54, 1.807) is 13.0 Å². The van der Waals surface area contributed by atoms with Crippen LogP contribution in [0, 0.1) is 12.7 Å². The van der Waals surface area contributed by atoms with Crippen LogP contribution in [0.5, 0.6) is 0 Å². The molecule has 1 amide bonds. The minimum Gasteiger partial charge on any atom is -0.352 e. The standard InChI is InChI=1S/C14H19FN2O/c1-9-3-4-11(7-13(9)15)10(2)16-8-14(18)17-12-5-6-12/h3-4,7,10,12,16H,5-6,8H2,1-2H3,(H,17,18). The van der Waals surface area contributed by atoms with Gasteiger partial charge in [-0.1, -0.05) is 12.1 Å². The summed E-state index contributed by atoms with van der Waals surface area (Å²) in [4.78, 5) is 11.5. The molecule has 1 atom stereocenters. The number of halogens is 1. The van der Waals surface area contributed by atoms with Gasteiger partial charge in [0, 0.05) is 12.1 Å². The molecule has 0 heterocycles. The number of hydrogen-bond donors (Lipinski definition) is 2. The maximum Gasteiger partial charge on any atom is 0.234 e. The minimum atomic E-state index is -0.205. The van der Waals surface area contributed by atoms with E-state index in [9.17, 15) is 9.18 Å². The fraction of sp³-hybridized carbons (Fsp3) is 0.500. The van der Waals surface area contributed by atoms with Crippen LogP contribution >= 0.6 is 0 Å². The largest absolute Gasteiger partial charge is 0.352 e. The molecule has 1 aromatic carbocycles. The van der Waals surface area contributed by atoms with Crippen molar-refractivity contribution in [3.63, 3.8) is 0 Å². The van der Waals surface area contributed by atoms with Crippen molar-refractivity contribution < 1.29 is 9.18 Å². The van der Waals surface area contributed by atoms with Gasteiger partial charge in [-0.15, -0.1) is 0 Å². The van der Waals surface area contributed by atoms with E-state index in [0.717, 1.165) is 18.4 Å². The fourth-order valence-electron chi connectivity index (χ4n) is 1.75. The molecule has 18 heavy (non-hydrogen) atoms. The molecule has 2 rings (SSSR count). The predicted molar refractivity (Wildman–Crippen MR) is 68.7 cm³/mol. The summed E-state index contributed by atoms with van der Waals surface area (Å²) in [6.45, 7) is 3.93. The first-order valence-electron chi connectivity index (χ1n) is 6.35. The summed E-state index contributed by atoms with van der Waals surface area (Å²) in [5.74, 6) is -0.194. The molecule has 0 bridgehead atoms. The minimum absolute atomic E-state index is 0.0110. The Morgan fingerprint density at radius 3 is 2.83 bits per heavy atom. The van der Waals surface area contributed by atoms with Crippen molar-refractivity contribution in [3.05, 3.63) is 35.1 Å². The van der Waals surface area contributed by atoms with Crippen LogP contribution in [0.1, 0.15) is 36.9 Å². The summed E-state index contributed by atoms with van der Waals surface area (Å²) in [6.07, 6.45) is 2.18. The fourth-order valence-corrected chi connectivity index (χ4v) is 1.75. The molecule has 4 heteroatoms. The van der Waals surface area contributed by atoms with Gasteiger partial charge in [0.25, 0.3) is 0 Å². The number of carbonyl (C=O) groups is 1. The lowest BCUT2D eigenvalue weighted by molar-refractivity contribution is -0.120. The molecule has 1 saturated carbocycles. The van der Waals surface area contributed by atoms with Gasteiger partial charge < -0.3 is 10.6 Å². The predicted octanol–water partition coefficient (Wildman–Crippen LogP) is 2.06. The first kappa shape index (κ1) is 13.0. The average Bonchev–Trinajstić information content (AvgIpc) is 3.13. The van der Waals surface area contributed by atoms with Crippen molar-refractivity contribution in [2.75, 3.05) is 6.54 Å². The van der Waals surface area contributed by atoms with Crippen molar-refractivity contribution >= 4 is 5.91 Å². The molecule has 2 N–H and O–H groups in total. The van der Waals surface area contributed by atoms with Crippen LogP contribution in [0.4, 0.5) is 4.39 Å². The van der Waals surface area contributed by atoms with Crippen LogP contribution in [0.25, 0.3) is 0 Å². The smallest absolute Gasteiger partial charge is 0.234 e. The third kappa shape index (κ3) is 3.53. The Morgan fingerprint density at radius 2 is 2.22 bits per heavy atom. The van der Waals surface area contributed by atoms with E-state index in [4.69, 9.17) is 0 Å². The highest BCUT2D eigenvalue weighted by molar-refractivity contribution is 5.78. The molecular weight excluding hydrogens is 231 g/mol. The number of rotatable bonds is 5.